The van der Waals surface area contributed by atoms with Gasteiger partial charge in [-0.2, -0.15) is 0 Å². The zero-order chi connectivity index (χ0) is 27.7. The molecule has 198 valence electrons. The van der Waals surface area contributed by atoms with Gasteiger partial charge in [-0.1, -0.05) is 110 Å². The molecule has 6 aliphatic rings. The van der Waals surface area contributed by atoms with E-state index in [9.17, 15) is 9.59 Å². The number of fused-ring (bicyclic) bond motifs is 1. The zero-order valence-electron chi connectivity index (χ0n) is 22.7. The highest BCUT2D eigenvalue weighted by atomic mass is 16.2. The van der Waals surface area contributed by atoms with Crippen molar-refractivity contribution < 1.29 is 9.59 Å². The number of carbonyl (C=O) groups excluding carboxylic acids is 2. The molecule has 5 aromatic rings. The van der Waals surface area contributed by atoms with Crippen LogP contribution in [0.25, 0.3) is 10.8 Å². The fourth-order valence-corrected chi connectivity index (χ4v) is 7.67. The maximum atomic E-state index is 14.8. The van der Waals surface area contributed by atoms with Crippen molar-refractivity contribution in [2.75, 3.05) is 4.90 Å². The summed E-state index contributed by atoms with van der Waals surface area (Å²) in [7, 11) is 0. The molecule has 4 nitrogen and oxygen atoms in total. The first-order chi connectivity index (χ1) is 20.1. The summed E-state index contributed by atoms with van der Waals surface area (Å²) >= 11 is 0. The number of rotatable bonds is 4. The first-order valence-electron chi connectivity index (χ1n) is 14.3. The molecule has 0 radical (unpaired) electrons. The lowest BCUT2D eigenvalue weighted by Gasteiger charge is -2.48. The SMILES string of the molecule is CCc1ccccc1N=C[C@@]12c3ccc(cc3)[C@@H](c3ccccc31)[C@H]1C(=O)N(c3cccc4ccccc34)C(=O)[C@H]12. The van der Waals surface area contributed by atoms with Crippen LogP contribution in [0.5, 0.6) is 0 Å². The molecule has 0 unspecified atom stereocenters. The van der Waals surface area contributed by atoms with Crippen molar-refractivity contribution in [1.29, 1.82) is 0 Å². The van der Waals surface area contributed by atoms with Crippen LogP contribution in [-0.2, 0) is 21.4 Å². The largest absolute Gasteiger partial charge is 0.274 e. The van der Waals surface area contributed by atoms with E-state index in [1.165, 1.54) is 4.90 Å². The summed E-state index contributed by atoms with van der Waals surface area (Å²) in [6, 6.07) is 38.8. The van der Waals surface area contributed by atoms with Gasteiger partial charge < -0.3 is 0 Å². The van der Waals surface area contributed by atoms with Crippen LogP contribution >= 0.6 is 0 Å². The second-order valence-electron chi connectivity index (χ2n) is 11.3. The van der Waals surface area contributed by atoms with E-state index < -0.39 is 17.3 Å². The van der Waals surface area contributed by atoms with Gasteiger partial charge in [-0.25, -0.2) is 4.90 Å². The average Bonchev–Trinajstić information content (AvgIpc) is 3.27. The van der Waals surface area contributed by atoms with Crippen LogP contribution in [0.15, 0.2) is 120 Å². The van der Waals surface area contributed by atoms with Crippen molar-refractivity contribution >= 4 is 40.2 Å². The van der Waals surface area contributed by atoms with Gasteiger partial charge in [-0.15, -0.1) is 0 Å². The standard InChI is InChI=1S/C37H28N2O2/c1-2-23-10-4-8-16-30(23)38-22-37-26-20-18-25(19-21-26)32(28-14-6-7-15-29(28)37)33-34(37)36(41)39(35(33)40)31-17-9-12-24-11-3-5-13-27(24)31/h3-22,32-34H,2H2,1H3/t32-,33+,34-,37+/m0/s1. The topological polar surface area (TPSA) is 49.7 Å². The number of amides is 2. The summed E-state index contributed by atoms with van der Waals surface area (Å²) < 4.78 is 0. The highest BCUT2D eigenvalue weighted by molar-refractivity contribution is 6.27. The minimum atomic E-state index is -0.899. The van der Waals surface area contributed by atoms with Gasteiger partial charge in [0.2, 0.25) is 11.8 Å². The first kappa shape index (κ1) is 24.0. The normalized spacial score (nSPS) is 24.1. The Morgan fingerprint density at radius 1 is 0.780 bits per heavy atom. The summed E-state index contributed by atoms with van der Waals surface area (Å²) in [4.78, 5) is 36.1. The highest BCUT2D eigenvalue weighted by Gasteiger charge is 2.65. The van der Waals surface area contributed by atoms with Crippen molar-refractivity contribution in [3.05, 3.63) is 143 Å². The number of aliphatic imine (C=N–C) groups is 1. The van der Waals surface area contributed by atoms with Gasteiger partial charge in [0.05, 0.1) is 28.6 Å². The summed E-state index contributed by atoms with van der Waals surface area (Å²) in [5, 5.41) is 1.90. The molecule has 4 atom stereocenters. The number of benzene rings is 5. The lowest BCUT2D eigenvalue weighted by atomic mass is 9.52. The van der Waals surface area contributed by atoms with Gasteiger partial charge in [0.25, 0.3) is 0 Å². The van der Waals surface area contributed by atoms with E-state index in [-0.39, 0.29) is 17.7 Å². The Morgan fingerprint density at radius 2 is 1.51 bits per heavy atom. The van der Waals surface area contributed by atoms with Crippen molar-refractivity contribution in [1.82, 2.24) is 0 Å². The smallest absolute Gasteiger partial charge is 0.239 e. The Kier molecular flexibility index (Phi) is 5.17. The summed E-state index contributed by atoms with van der Waals surface area (Å²) in [5.41, 5.74) is 6.01. The molecular weight excluding hydrogens is 504 g/mol. The van der Waals surface area contributed by atoms with Crippen molar-refractivity contribution in [2.24, 2.45) is 16.8 Å². The molecule has 4 bridgehead atoms. The number of nitrogens with zero attached hydrogens (tertiary/aromatic N) is 2. The van der Waals surface area contributed by atoms with Crippen molar-refractivity contribution in [2.45, 2.75) is 24.7 Å². The summed E-state index contributed by atoms with van der Waals surface area (Å²) in [5.74, 6) is -1.67. The minimum absolute atomic E-state index is 0.134. The molecule has 0 spiro atoms. The van der Waals surface area contributed by atoms with Crippen LogP contribution in [0.2, 0.25) is 0 Å². The molecule has 41 heavy (non-hydrogen) atoms. The third kappa shape index (κ3) is 3.19. The van der Waals surface area contributed by atoms with E-state index in [2.05, 4.69) is 49.4 Å². The maximum absolute atomic E-state index is 14.8. The number of hydrogen-bond acceptors (Lipinski definition) is 3. The van der Waals surface area contributed by atoms with Gasteiger partial charge in [-0.05, 0) is 51.8 Å². The van der Waals surface area contributed by atoms with Crippen LogP contribution in [-0.4, -0.2) is 18.0 Å². The van der Waals surface area contributed by atoms with Crippen LogP contribution in [0, 0.1) is 11.8 Å². The molecule has 1 fully saturated rings. The van der Waals surface area contributed by atoms with Gasteiger partial charge in [0.15, 0.2) is 0 Å². The van der Waals surface area contributed by atoms with Crippen LogP contribution in [0.1, 0.15) is 40.7 Å². The Morgan fingerprint density at radius 3 is 2.37 bits per heavy atom. The lowest BCUT2D eigenvalue weighted by Crippen LogP contribution is -2.51. The number of carbonyl (C=O) groups is 2. The van der Waals surface area contributed by atoms with Gasteiger partial charge in [-0.3, -0.25) is 14.6 Å². The van der Waals surface area contributed by atoms with E-state index in [1.807, 2.05) is 79.0 Å². The van der Waals surface area contributed by atoms with E-state index >= 15 is 0 Å². The minimum Gasteiger partial charge on any atom is -0.274 e. The Hall–Kier alpha value is -4.83. The number of para-hydroxylation sites is 1. The monoisotopic (exact) mass is 532 g/mol. The molecule has 0 saturated carbocycles. The fraction of sp³-hybridized carbons (Fsp3) is 0.162. The molecule has 2 amide bonds. The summed E-state index contributed by atoms with van der Waals surface area (Å²) in [6.45, 7) is 2.12. The molecule has 0 aromatic heterocycles. The maximum Gasteiger partial charge on any atom is 0.239 e. The molecule has 1 saturated heterocycles. The quantitative estimate of drug-likeness (QED) is 0.179. The Balaban J connectivity index is 1.41. The number of imide groups is 1. The third-order valence-electron chi connectivity index (χ3n) is 9.48. The first-order valence-corrected chi connectivity index (χ1v) is 14.3. The molecule has 11 rings (SSSR count). The summed E-state index contributed by atoms with van der Waals surface area (Å²) in [6.07, 6.45) is 2.83. The molecule has 5 aliphatic carbocycles. The van der Waals surface area contributed by atoms with Gasteiger partial charge >= 0.3 is 0 Å². The predicted octanol–water partition coefficient (Wildman–Crippen LogP) is 7.36. The van der Waals surface area contributed by atoms with Gasteiger partial charge in [0, 0.05) is 17.5 Å². The second-order valence-corrected chi connectivity index (χ2v) is 11.3. The third-order valence-corrected chi connectivity index (χ3v) is 9.48. The molecule has 1 heterocycles. The van der Waals surface area contributed by atoms with E-state index in [1.54, 1.807) is 0 Å². The molecule has 0 N–H and O–H groups in total. The lowest BCUT2D eigenvalue weighted by molar-refractivity contribution is -0.122. The number of hydrogen-bond donors (Lipinski definition) is 0. The molecule has 4 heteroatoms. The van der Waals surface area contributed by atoms with E-state index in [4.69, 9.17) is 4.99 Å². The van der Waals surface area contributed by atoms with Crippen LogP contribution < -0.4 is 4.90 Å². The average molecular weight is 533 g/mol. The second kappa shape index (κ2) is 8.84. The fourth-order valence-electron chi connectivity index (χ4n) is 7.67. The Bertz CT molecular complexity index is 1900. The predicted molar refractivity (Wildman–Crippen MR) is 163 cm³/mol. The zero-order valence-corrected chi connectivity index (χ0v) is 22.7. The molecule has 5 aromatic carbocycles. The molecule has 1 aliphatic heterocycles. The van der Waals surface area contributed by atoms with Crippen LogP contribution in [0.3, 0.4) is 0 Å². The van der Waals surface area contributed by atoms with E-state index in [0.29, 0.717) is 5.69 Å². The van der Waals surface area contributed by atoms with Crippen molar-refractivity contribution in [3.63, 3.8) is 0 Å². The molecular formula is C37H28N2O2. The van der Waals surface area contributed by atoms with Crippen molar-refractivity contribution in [3.8, 4) is 0 Å². The highest BCUT2D eigenvalue weighted by Crippen LogP contribution is 2.60. The number of anilines is 1. The van der Waals surface area contributed by atoms with E-state index in [0.717, 1.165) is 50.7 Å². The van der Waals surface area contributed by atoms with Gasteiger partial charge in [0.1, 0.15) is 0 Å². The number of aryl methyl sites for hydroxylation is 1. The Labute approximate surface area is 239 Å². The van der Waals surface area contributed by atoms with Crippen LogP contribution in [0.4, 0.5) is 11.4 Å².